The third-order valence-corrected chi connectivity index (χ3v) is 4.12. The molecule has 23 heavy (non-hydrogen) atoms. The molecule has 1 aromatic carbocycles. The minimum Gasteiger partial charge on any atom is -0.357 e. The van der Waals surface area contributed by atoms with Crippen LogP contribution < -0.4 is 0 Å². The van der Waals surface area contributed by atoms with Gasteiger partial charge in [-0.3, -0.25) is 9.78 Å². The van der Waals surface area contributed by atoms with Crippen LogP contribution in [-0.2, 0) is 0 Å². The third-order valence-electron chi connectivity index (χ3n) is 4.12. The van der Waals surface area contributed by atoms with E-state index in [9.17, 15) is 4.79 Å². The van der Waals surface area contributed by atoms with Gasteiger partial charge in [0.2, 0.25) is 0 Å². The maximum absolute atomic E-state index is 12.2. The second-order valence-electron chi connectivity index (χ2n) is 5.65. The number of nitrogens with zero attached hydrogens (tertiary/aromatic N) is 2. The summed E-state index contributed by atoms with van der Waals surface area (Å²) < 4.78 is 0. The van der Waals surface area contributed by atoms with E-state index in [1.165, 1.54) is 0 Å². The van der Waals surface area contributed by atoms with E-state index < -0.39 is 0 Å². The molecule has 0 bridgehead atoms. The first-order chi connectivity index (χ1) is 11.2. The number of para-hydroxylation sites is 1. The number of aromatic nitrogens is 3. The van der Waals surface area contributed by atoms with E-state index in [0.29, 0.717) is 5.56 Å². The van der Waals surface area contributed by atoms with Crippen LogP contribution in [0.25, 0.3) is 33.1 Å². The Labute approximate surface area is 133 Å². The number of rotatable bonds is 2. The minimum atomic E-state index is 0.0379. The van der Waals surface area contributed by atoms with Crippen molar-refractivity contribution in [3.05, 3.63) is 60.0 Å². The number of aromatic amines is 1. The van der Waals surface area contributed by atoms with Gasteiger partial charge in [-0.15, -0.1) is 0 Å². The fourth-order valence-corrected chi connectivity index (χ4v) is 3.17. The number of carbonyl (C=O) groups excluding carboxylic acids is 1. The summed E-state index contributed by atoms with van der Waals surface area (Å²) in [5.41, 5.74) is 5.13. The lowest BCUT2D eigenvalue weighted by Gasteiger charge is -2.07. The molecule has 0 saturated heterocycles. The summed E-state index contributed by atoms with van der Waals surface area (Å²) in [5, 5.41) is 1.90. The number of Topliss-reactive ketones (excluding diaryl/α,β-unsaturated/α-hetero) is 1. The lowest BCUT2D eigenvalue weighted by molar-refractivity contribution is 0.101. The van der Waals surface area contributed by atoms with Crippen molar-refractivity contribution in [3.63, 3.8) is 0 Å². The van der Waals surface area contributed by atoms with Gasteiger partial charge in [-0.1, -0.05) is 18.2 Å². The molecule has 0 radical (unpaired) electrons. The molecular weight excluding hydrogens is 286 g/mol. The highest BCUT2D eigenvalue weighted by atomic mass is 16.1. The number of hydrogen-bond acceptors (Lipinski definition) is 3. The van der Waals surface area contributed by atoms with E-state index in [-0.39, 0.29) is 5.78 Å². The first-order valence-electron chi connectivity index (χ1n) is 7.49. The van der Waals surface area contributed by atoms with Gasteiger partial charge in [0.15, 0.2) is 5.78 Å². The Bertz CT molecular complexity index is 1050. The zero-order chi connectivity index (χ0) is 16.0. The number of nitrogens with one attached hydrogen (secondary N) is 1. The Kier molecular flexibility index (Phi) is 2.98. The lowest BCUT2D eigenvalue weighted by Crippen LogP contribution is -1.96. The van der Waals surface area contributed by atoms with Crippen molar-refractivity contribution < 1.29 is 4.79 Å². The number of pyridine rings is 2. The maximum Gasteiger partial charge on any atom is 0.162 e. The molecule has 4 aromatic rings. The second kappa shape index (κ2) is 5.02. The predicted octanol–water partition coefficient (Wildman–Crippen LogP) is 4.29. The molecule has 0 aliphatic rings. The summed E-state index contributed by atoms with van der Waals surface area (Å²) in [4.78, 5) is 24.6. The molecule has 0 aliphatic heterocycles. The number of benzene rings is 1. The highest BCUT2D eigenvalue weighted by molar-refractivity contribution is 6.18. The summed E-state index contributed by atoms with van der Waals surface area (Å²) >= 11 is 0. The number of aryl methyl sites for hydroxylation is 1. The molecule has 0 saturated carbocycles. The van der Waals surface area contributed by atoms with Crippen molar-refractivity contribution in [1.82, 2.24) is 15.0 Å². The van der Waals surface area contributed by atoms with Crippen LogP contribution in [-0.4, -0.2) is 20.7 Å². The largest absolute Gasteiger partial charge is 0.357 e. The summed E-state index contributed by atoms with van der Waals surface area (Å²) in [6.07, 6.45) is 3.51. The number of ketones is 1. The van der Waals surface area contributed by atoms with E-state index in [2.05, 4.69) is 9.97 Å². The van der Waals surface area contributed by atoms with Gasteiger partial charge in [0.05, 0.1) is 16.7 Å². The fraction of sp³-hybridized carbons (Fsp3) is 0.105. The first kappa shape index (κ1) is 13.6. The zero-order valence-electron chi connectivity index (χ0n) is 12.9. The van der Waals surface area contributed by atoms with Crippen molar-refractivity contribution in [2.75, 3.05) is 0 Å². The summed E-state index contributed by atoms with van der Waals surface area (Å²) in [7, 11) is 0. The Hall–Kier alpha value is -3.01. The van der Waals surface area contributed by atoms with Crippen molar-refractivity contribution in [2.24, 2.45) is 0 Å². The van der Waals surface area contributed by atoms with Crippen LogP contribution in [0.15, 0.2) is 48.8 Å². The van der Waals surface area contributed by atoms with Crippen LogP contribution >= 0.6 is 0 Å². The molecule has 0 unspecified atom stereocenters. The Morgan fingerprint density at radius 2 is 1.96 bits per heavy atom. The molecule has 4 rings (SSSR count). The monoisotopic (exact) mass is 301 g/mol. The molecular formula is C19H15N3O. The molecule has 3 heterocycles. The maximum atomic E-state index is 12.2. The van der Waals surface area contributed by atoms with Crippen LogP contribution in [0.1, 0.15) is 23.0 Å². The van der Waals surface area contributed by atoms with Gasteiger partial charge in [-0.2, -0.15) is 0 Å². The van der Waals surface area contributed by atoms with E-state index in [0.717, 1.165) is 38.8 Å². The van der Waals surface area contributed by atoms with Gasteiger partial charge < -0.3 is 4.98 Å². The fourth-order valence-electron chi connectivity index (χ4n) is 3.17. The van der Waals surface area contributed by atoms with Gasteiger partial charge in [0, 0.05) is 40.0 Å². The molecule has 3 aromatic heterocycles. The second-order valence-corrected chi connectivity index (χ2v) is 5.65. The van der Waals surface area contributed by atoms with Gasteiger partial charge in [0.1, 0.15) is 0 Å². The third kappa shape index (κ3) is 2.03. The summed E-state index contributed by atoms with van der Waals surface area (Å²) in [6, 6.07) is 11.8. The molecule has 0 fully saturated rings. The smallest absolute Gasteiger partial charge is 0.162 e. The lowest BCUT2D eigenvalue weighted by atomic mass is 10.0. The molecule has 4 nitrogen and oxygen atoms in total. The van der Waals surface area contributed by atoms with Crippen molar-refractivity contribution in [2.45, 2.75) is 13.8 Å². The average molecular weight is 301 g/mol. The van der Waals surface area contributed by atoms with Gasteiger partial charge in [-0.25, -0.2) is 4.98 Å². The Balaban J connectivity index is 2.25. The minimum absolute atomic E-state index is 0.0379. The highest BCUT2D eigenvalue weighted by Crippen LogP contribution is 2.35. The summed E-state index contributed by atoms with van der Waals surface area (Å²) in [6.45, 7) is 3.52. The zero-order valence-corrected chi connectivity index (χ0v) is 12.9. The quantitative estimate of drug-likeness (QED) is 0.562. The number of fused-ring (bicyclic) bond motifs is 3. The first-order valence-corrected chi connectivity index (χ1v) is 7.49. The van der Waals surface area contributed by atoms with Crippen LogP contribution in [0.2, 0.25) is 0 Å². The van der Waals surface area contributed by atoms with Gasteiger partial charge in [-0.05, 0) is 32.0 Å². The molecule has 0 aliphatic carbocycles. The SMILES string of the molecule is CC(=O)c1c(C)[nH]c2c1c(-c1cccnc1)nc1ccccc12. The summed E-state index contributed by atoms with van der Waals surface area (Å²) in [5.74, 6) is 0.0379. The Morgan fingerprint density at radius 3 is 2.70 bits per heavy atom. The van der Waals surface area contributed by atoms with Crippen LogP contribution in [0, 0.1) is 6.92 Å². The Morgan fingerprint density at radius 1 is 1.13 bits per heavy atom. The predicted molar refractivity (Wildman–Crippen MR) is 91.6 cm³/mol. The van der Waals surface area contributed by atoms with E-state index >= 15 is 0 Å². The molecule has 0 spiro atoms. The number of H-pyrrole nitrogens is 1. The van der Waals surface area contributed by atoms with Gasteiger partial charge in [0.25, 0.3) is 0 Å². The standard InChI is InChI=1S/C19H15N3O/c1-11-16(12(2)23)17-18(13-6-5-9-20-10-13)22-15-8-4-3-7-14(15)19(17)21-11/h3-10,21H,1-2H3. The number of carbonyl (C=O) groups is 1. The van der Waals surface area contributed by atoms with Crippen LogP contribution in [0.3, 0.4) is 0 Å². The highest BCUT2D eigenvalue weighted by Gasteiger charge is 2.20. The molecule has 0 amide bonds. The van der Waals surface area contributed by atoms with E-state index in [1.54, 1.807) is 19.3 Å². The normalized spacial score (nSPS) is 11.2. The van der Waals surface area contributed by atoms with Crippen molar-refractivity contribution >= 4 is 27.6 Å². The topological polar surface area (TPSA) is 58.6 Å². The van der Waals surface area contributed by atoms with Crippen LogP contribution in [0.5, 0.6) is 0 Å². The van der Waals surface area contributed by atoms with Crippen LogP contribution in [0.4, 0.5) is 0 Å². The molecule has 112 valence electrons. The van der Waals surface area contributed by atoms with Crippen molar-refractivity contribution in [1.29, 1.82) is 0 Å². The number of hydrogen-bond donors (Lipinski definition) is 1. The van der Waals surface area contributed by atoms with Gasteiger partial charge >= 0.3 is 0 Å². The van der Waals surface area contributed by atoms with Crippen molar-refractivity contribution in [3.8, 4) is 11.3 Å². The van der Waals surface area contributed by atoms with E-state index in [1.807, 2.05) is 43.3 Å². The molecule has 0 atom stereocenters. The molecule has 4 heteroatoms. The molecule has 1 N–H and O–H groups in total. The van der Waals surface area contributed by atoms with E-state index in [4.69, 9.17) is 4.98 Å². The average Bonchev–Trinajstić information content (AvgIpc) is 2.92.